The molecule has 1 amide bonds. The van der Waals surface area contributed by atoms with Crippen LogP contribution in [-0.4, -0.2) is 46.5 Å². The SMILES string of the molecule is Cc1oc2ncn(CC(C)C)c(=O)c2c1C(=O)NCCCN1CCC[C@H](C)C1. The number of rotatable bonds is 7. The minimum Gasteiger partial charge on any atom is -0.442 e. The lowest BCUT2D eigenvalue weighted by molar-refractivity contribution is 0.0950. The molecule has 154 valence electrons. The summed E-state index contributed by atoms with van der Waals surface area (Å²) in [5, 5.41) is 3.24. The number of likely N-dealkylation sites (tertiary alicyclic amines) is 1. The smallest absolute Gasteiger partial charge is 0.265 e. The van der Waals surface area contributed by atoms with Crippen LogP contribution in [-0.2, 0) is 6.54 Å². The van der Waals surface area contributed by atoms with Gasteiger partial charge in [0.2, 0.25) is 5.71 Å². The van der Waals surface area contributed by atoms with E-state index >= 15 is 0 Å². The second kappa shape index (κ2) is 8.90. The van der Waals surface area contributed by atoms with Crippen molar-refractivity contribution in [2.24, 2.45) is 11.8 Å². The highest BCUT2D eigenvalue weighted by atomic mass is 16.3. The zero-order valence-corrected chi connectivity index (χ0v) is 17.5. The molecule has 0 aliphatic carbocycles. The molecule has 0 unspecified atom stereocenters. The summed E-state index contributed by atoms with van der Waals surface area (Å²) < 4.78 is 7.13. The van der Waals surface area contributed by atoms with Crippen LogP contribution < -0.4 is 10.9 Å². The van der Waals surface area contributed by atoms with E-state index in [2.05, 4.69) is 22.1 Å². The minimum absolute atomic E-state index is 0.219. The number of hydrogen-bond donors (Lipinski definition) is 1. The minimum atomic E-state index is -0.260. The average Bonchev–Trinajstić information content (AvgIpc) is 2.98. The number of amides is 1. The number of hydrogen-bond acceptors (Lipinski definition) is 5. The Kier molecular flexibility index (Phi) is 6.54. The first kappa shape index (κ1) is 20.6. The summed E-state index contributed by atoms with van der Waals surface area (Å²) in [6.07, 6.45) is 4.95. The van der Waals surface area contributed by atoms with E-state index in [9.17, 15) is 9.59 Å². The van der Waals surface area contributed by atoms with Crippen LogP contribution in [0.25, 0.3) is 11.1 Å². The molecule has 0 spiro atoms. The second-order valence-electron chi connectivity index (χ2n) is 8.47. The van der Waals surface area contributed by atoms with Crippen LogP contribution in [0, 0.1) is 18.8 Å². The summed E-state index contributed by atoms with van der Waals surface area (Å²) in [4.78, 5) is 32.3. The van der Waals surface area contributed by atoms with Gasteiger partial charge in [-0.05, 0) is 51.1 Å². The van der Waals surface area contributed by atoms with Gasteiger partial charge in [0.25, 0.3) is 11.5 Å². The number of piperidine rings is 1. The van der Waals surface area contributed by atoms with Crippen LogP contribution in [0.15, 0.2) is 15.5 Å². The molecule has 2 aromatic heterocycles. The molecule has 28 heavy (non-hydrogen) atoms. The normalized spacial score (nSPS) is 18.1. The molecule has 1 fully saturated rings. The van der Waals surface area contributed by atoms with E-state index in [1.807, 2.05) is 13.8 Å². The van der Waals surface area contributed by atoms with Gasteiger partial charge in [-0.1, -0.05) is 20.8 Å². The third-order valence-corrected chi connectivity index (χ3v) is 5.32. The quantitative estimate of drug-likeness (QED) is 0.738. The predicted octanol–water partition coefficient (Wildman–Crippen LogP) is 2.81. The van der Waals surface area contributed by atoms with E-state index in [0.29, 0.717) is 30.3 Å². The van der Waals surface area contributed by atoms with Crippen molar-refractivity contribution in [2.45, 2.75) is 53.5 Å². The first-order valence-corrected chi connectivity index (χ1v) is 10.4. The van der Waals surface area contributed by atoms with Crippen molar-refractivity contribution < 1.29 is 9.21 Å². The van der Waals surface area contributed by atoms with E-state index in [4.69, 9.17) is 4.42 Å². The van der Waals surface area contributed by atoms with Crippen LogP contribution in [0.1, 0.15) is 56.2 Å². The zero-order valence-electron chi connectivity index (χ0n) is 17.5. The van der Waals surface area contributed by atoms with Crippen LogP contribution in [0.2, 0.25) is 0 Å². The molecule has 1 atom stereocenters. The Balaban J connectivity index is 1.67. The monoisotopic (exact) mass is 388 g/mol. The highest BCUT2D eigenvalue weighted by Crippen LogP contribution is 2.21. The fourth-order valence-corrected chi connectivity index (χ4v) is 4.02. The lowest BCUT2D eigenvalue weighted by Crippen LogP contribution is -2.36. The number of aromatic nitrogens is 2. The molecule has 7 nitrogen and oxygen atoms in total. The Morgan fingerprint density at radius 3 is 2.93 bits per heavy atom. The first-order chi connectivity index (χ1) is 13.4. The van der Waals surface area contributed by atoms with Crippen molar-refractivity contribution in [2.75, 3.05) is 26.2 Å². The first-order valence-electron chi connectivity index (χ1n) is 10.4. The Morgan fingerprint density at radius 1 is 1.43 bits per heavy atom. The summed E-state index contributed by atoms with van der Waals surface area (Å²) in [6, 6.07) is 0. The van der Waals surface area contributed by atoms with Crippen LogP contribution >= 0.6 is 0 Å². The Hall–Kier alpha value is -2.15. The lowest BCUT2D eigenvalue weighted by atomic mass is 10.0. The maximum absolute atomic E-state index is 12.8. The molecule has 3 heterocycles. The number of aryl methyl sites for hydroxylation is 1. The average molecular weight is 389 g/mol. The van der Waals surface area contributed by atoms with Gasteiger partial charge in [0.1, 0.15) is 17.5 Å². The van der Waals surface area contributed by atoms with E-state index < -0.39 is 0 Å². The number of fused-ring (bicyclic) bond motifs is 1. The van der Waals surface area contributed by atoms with Crippen molar-refractivity contribution in [3.8, 4) is 0 Å². The van der Waals surface area contributed by atoms with Gasteiger partial charge in [-0.3, -0.25) is 14.2 Å². The van der Waals surface area contributed by atoms with Gasteiger partial charge in [-0.2, -0.15) is 0 Å². The van der Waals surface area contributed by atoms with Gasteiger partial charge >= 0.3 is 0 Å². The fourth-order valence-electron chi connectivity index (χ4n) is 4.02. The molecule has 1 aliphatic heterocycles. The van der Waals surface area contributed by atoms with Crippen molar-refractivity contribution in [1.82, 2.24) is 19.8 Å². The van der Waals surface area contributed by atoms with Crippen LogP contribution in [0.4, 0.5) is 0 Å². The number of carbonyl (C=O) groups is 1. The van der Waals surface area contributed by atoms with Gasteiger partial charge < -0.3 is 14.6 Å². The van der Waals surface area contributed by atoms with E-state index in [0.717, 1.165) is 32.0 Å². The largest absolute Gasteiger partial charge is 0.442 e. The third kappa shape index (κ3) is 4.63. The lowest BCUT2D eigenvalue weighted by Gasteiger charge is -2.30. The van der Waals surface area contributed by atoms with Gasteiger partial charge in [-0.15, -0.1) is 0 Å². The molecule has 1 saturated heterocycles. The summed E-state index contributed by atoms with van der Waals surface area (Å²) >= 11 is 0. The predicted molar refractivity (Wildman–Crippen MR) is 110 cm³/mol. The molecule has 2 aromatic rings. The van der Waals surface area contributed by atoms with Crippen molar-refractivity contribution in [1.29, 1.82) is 0 Å². The van der Waals surface area contributed by atoms with Crippen molar-refractivity contribution in [3.63, 3.8) is 0 Å². The summed E-state index contributed by atoms with van der Waals surface area (Å²) in [7, 11) is 0. The maximum Gasteiger partial charge on any atom is 0.265 e. The molecule has 0 saturated carbocycles. The maximum atomic E-state index is 12.8. The standard InChI is InChI=1S/C21H32N4O3/c1-14(2)11-25-13-23-20-18(21(25)27)17(16(4)28-20)19(26)22-8-6-10-24-9-5-7-15(3)12-24/h13-15H,5-12H2,1-4H3,(H,22,26)/t15-/m0/s1. The van der Waals surface area contributed by atoms with Gasteiger partial charge in [0.15, 0.2) is 0 Å². The summed E-state index contributed by atoms with van der Waals surface area (Å²) in [5.74, 6) is 1.23. The number of nitrogens with zero attached hydrogens (tertiary/aromatic N) is 3. The highest BCUT2D eigenvalue weighted by Gasteiger charge is 2.23. The molecule has 1 aliphatic rings. The van der Waals surface area contributed by atoms with E-state index in [-0.39, 0.29) is 22.6 Å². The number of carbonyl (C=O) groups excluding carboxylic acids is 1. The third-order valence-electron chi connectivity index (χ3n) is 5.32. The number of nitrogens with one attached hydrogen (secondary N) is 1. The molecule has 3 rings (SSSR count). The fraction of sp³-hybridized carbons (Fsp3) is 0.667. The Bertz CT molecular complexity index is 884. The summed E-state index contributed by atoms with van der Waals surface area (Å²) in [6.45, 7) is 12.5. The summed E-state index contributed by atoms with van der Waals surface area (Å²) in [5.41, 5.74) is 0.329. The second-order valence-corrected chi connectivity index (χ2v) is 8.47. The Labute approximate surface area is 166 Å². The molecule has 0 radical (unpaired) electrons. The van der Waals surface area contributed by atoms with Gasteiger partial charge in [0, 0.05) is 19.6 Å². The number of furan rings is 1. The van der Waals surface area contributed by atoms with E-state index in [1.54, 1.807) is 11.5 Å². The molecule has 0 bridgehead atoms. The van der Waals surface area contributed by atoms with Gasteiger partial charge in [-0.25, -0.2) is 4.98 Å². The van der Waals surface area contributed by atoms with Crippen molar-refractivity contribution in [3.05, 3.63) is 28.0 Å². The molecular formula is C21H32N4O3. The van der Waals surface area contributed by atoms with E-state index in [1.165, 1.54) is 19.2 Å². The van der Waals surface area contributed by atoms with Crippen LogP contribution in [0.3, 0.4) is 0 Å². The van der Waals surface area contributed by atoms with Crippen molar-refractivity contribution >= 4 is 17.0 Å². The zero-order chi connectivity index (χ0) is 20.3. The topological polar surface area (TPSA) is 80.4 Å². The highest BCUT2D eigenvalue weighted by molar-refractivity contribution is 6.06. The molecular weight excluding hydrogens is 356 g/mol. The van der Waals surface area contributed by atoms with Crippen LogP contribution in [0.5, 0.6) is 0 Å². The molecule has 1 N–H and O–H groups in total. The molecule has 0 aromatic carbocycles. The van der Waals surface area contributed by atoms with Gasteiger partial charge in [0.05, 0.1) is 5.56 Å². The Morgan fingerprint density at radius 2 is 2.21 bits per heavy atom. The molecule has 7 heteroatoms.